The summed E-state index contributed by atoms with van der Waals surface area (Å²) in [5, 5.41) is 0. The van der Waals surface area contributed by atoms with Gasteiger partial charge < -0.3 is 5.73 Å². The van der Waals surface area contributed by atoms with Gasteiger partial charge in [0.1, 0.15) is 0 Å². The first-order valence-electron chi connectivity index (χ1n) is 8.41. The Kier molecular flexibility index (Phi) is 4.94. The Morgan fingerprint density at radius 3 is 2.16 bits per heavy atom. The molecular formula is C17H34N2. The van der Waals surface area contributed by atoms with E-state index >= 15 is 0 Å². The molecule has 0 bridgehead atoms. The first-order valence-corrected chi connectivity index (χ1v) is 8.41. The Labute approximate surface area is 120 Å². The van der Waals surface area contributed by atoms with Crippen LogP contribution in [0.3, 0.4) is 0 Å². The second-order valence-electron chi connectivity index (χ2n) is 7.99. The van der Waals surface area contributed by atoms with Crippen LogP contribution in [0.5, 0.6) is 0 Å². The molecule has 2 nitrogen and oxygen atoms in total. The molecule has 1 saturated carbocycles. The third-order valence-electron chi connectivity index (χ3n) is 5.71. The van der Waals surface area contributed by atoms with Crippen LogP contribution in [0.15, 0.2) is 0 Å². The predicted molar refractivity (Wildman–Crippen MR) is 83.2 cm³/mol. The minimum atomic E-state index is 0.492. The molecule has 2 aliphatic rings. The first kappa shape index (κ1) is 15.3. The minimum Gasteiger partial charge on any atom is -0.329 e. The van der Waals surface area contributed by atoms with Gasteiger partial charge in [-0.2, -0.15) is 0 Å². The lowest BCUT2D eigenvalue weighted by Gasteiger charge is -2.48. The molecule has 1 aliphatic carbocycles. The average Bonchev–Trinajstić information content (AvgIpc) is 2.37. The van der Waals surface area contributed by atoms with Crippen molar-refractivity contribution in [3.05, 3.63) is 0 Å². The van der Waals surface area contributed by atoms with E-state index < -0.39 is 0 Å². The van der Waals surface area contributed by atoms with Gasteiger partial charge in [0.15, 0.2) is 0 Å². The number of hydrogen-bond donors (Lipinski definition) is 1. The van der Waals surface area contributed by atoms with Crippen molar-refractivity contribution in [3.63, 3.8) is 0 Å². The molecule has 0 aromatic carbocycles. The minimum absolute atomic E-state index is 0.492. The van der Waals surface area contributed by atoms with Gasteiger partial charge >= 0.3 is 0 Å². The van der Waals surface area contributed by atoms with Crippen LogP contribution in [0.2, 0.25) is 0 Å². The zero-order valence-electron chi connectivity index (χ0n) is 13.5. The highest BCUT2D eigenvalue weighted by atomic mass is 15.2. The van der Waals surface area contributed by atoms with Crippen LogP contribution in [-0.2, 0) is 0 Å². The van der Waals surface area contributed by atoms with E-state index in [0.29, 0.717) is 11.5 Å². The molecule has 0 aromatic rings. The van der Waals surface area contributed by atoms with E-state index in [-0.39, 0.29) is 0 Å². The number of hydrogen-bond acceptors (Lipinski definition) is 2. The SMILES string of the molecule is CC1CCCC(CN)N1C1CCC(C(C)(C)C)CC1. The summed E-state index contributed by atoms with van der Waals surface area (Å²) in [7, 11) is 0. The molecule has 2 N–H and O–H groups in total. The van der Waals surface area contributed by atoms with Crippen molar-refractivity contribution in [3.8, 4) is 0 Å². The van der Waals surface area contributed by atoms with E-state index in [1.165, 1.54) is 44.9 Å². The molecule has 2 heteroatoms. The fraction of sp³-hybridized carbons (Fsp3) is 1.00. The summed E-state index contributed by atoms with van der Waals surface area (Å²) in [5.41, 5.74) is 6.51. The summed E-state index contributed by atoms with van der Waals surface area (Å²) < 4.78 is 0. The molecule has 19 heavy (non-hydrogen) atoms. The zero-order chi connectivity index (χ0) is 14.0. The van der Waals surface area contributed by atoms with Gasteiger partial charge in [-0.25, -0.2) is 0 Å². The summed E-state index contributed by atoms with van der Waals surface area (Å²) >= 11 is 0. The fourth-order valence-electron chi connectivity index (χ4n) is 4.44. The number of nitrogens with two attached hydrogens (primary N) is 1. The summed E-state index contributed by atoms with van der Waals surface area (Å²) in [6, 6.07) is 2.21. The molecule has 1 heterocycles. The van der Waals surface area contributed by atoms with Crippen LogP contribution in [0.1, 0.15) is 72.6 Å². The lowest BCUT2D eigenvalue weighted by atomic mass is 9.70. The van der Waals surface area contributed by atoms with Gasteiger partial charge in [0, 0.05) is 24.7 Å². The van der Waals surface area contributed by atoms with Crippen molar-refractivity contribution in [2.45, 2.75) is 90.8 Å². The smallest absolute Gasteiger partial charge is 0.0224 e. The van der Waals surface area contributed by atoms with Gasteiger partial charge in [0.2, 0.25) is 0 Å². The van der Waals surface area contributed by atoms with Crippen LogP contribution in [0.25, 0.3) is 0 Å². The van der Waals surface area contributed by atoms with Crippen LogP contribution in [-0.4, -0.2) is 29.6 Å². The zero-order valence-corrected chi connectivity index (χ0v) is 13.5. The highest BCUT2D eigenvalue weighted by Gasteiger charge is 2.37. The number of likely N-dealkylation sites (tertiary alicyclic amines) is 1. The maximum absolute atomic E-state index is 6.02. The van der Waals surface area contributed by atoms with Crippen molar-refractivity contribution < 1.29 is 0 Å². The Morgan fingerprint density at radius 1 is 1.00 bits per heavy atom. The molecule has 0 amide bonds. The van der Waals surface area contributed by atoms with Crippen molar-refractivity contribution in [1.82, 2.24) is 4.90 Å². The van der Waals surface area contributed by atoms with Gasteiger partial charge in [-0.3, -0.25) is 4.90 Å². The monoisotopic (exact) mass is 266 g/mol. The van der Waals surface area contributed by atoms with E-state index in [9.17, 15) is 0 Å². The van der Waals surface area contributed by atoms with Gasteiger partial charge in [-0.1, -0.05) is 27.2 Å². The molecule has 2 atom stereocenters. The normalized spacial score (nSPS) is 38.4. The van der Waals surface area contributed by atoms with E-state index in [1.54, 1.807) is 0 Å². The molecule has 2 rings (SSSR count). The second-order valence-corrected chi connectivity index (χ2v) is 7.99. The summed E-state index contributed by atoms with van der Waals surface area (Å²) in [5.74, 6) is 0.917. The summed E-state index contributed by atoms with van der Waals surface area (Å²) in [6.45, 7) is 10.5. The molecule has 112 valence electrons. The van der Waals surface area contributed by atoms with E-state index in [4.69, 9.17) is 5.73 Å². The van der Waals surface area contributed by atoms with Crippen LogP contribution in [0.4, 0.5) is 0 Å². The Balaban J connectivity index is 1.95. The second kappa shape index (κ2) is 6.13. The number of nitrogens with zero attached hydrogens (tertiary/aromatic N) is 1. The first-order chi connectivity index (χ1) is 8.93. The van der Waals surface area contributed by atoms with Gasteiger partial charge in [-0.15, -0.1) is 0 Å². The standard InChI is InChI=1S/C17H34N2/c1-13-6-5-7-16(12-18)19(13)15-10-8-14(9-11-15)17(2,3)4/h13-16H,5-12,18H2,1-4H3. The van der Waals surface area contributed by atoms with E-state index in [0.717, 1.165) is 24.5 Å². The molecule has 0 aromatic heterocycles. The quantitative estimate of drug-likeness (QED) is 0.824. The number of piperidine rings is 1. The highest BCUT2D eigenvalue weighted by Crippen LogP contribution is 2.40. The van der Waals surface area contributed by atoms with Crippen LogP contribution in [0, 0.1) is 11.3 Å². The highest BCUT2D eigenvalue weighted by molar-refractivity contribution is 4.91. The lowest BCUT2D eigenvalue weighted by molar-refractivity contribution is 0.0144. The van der Waals surface area contributed by atoms with Crippen molar-refractivity contribution >= 4 is 0 Å². The van der Waals surface area contributed by atoms with Gasteiger partial charge in [-0.05, 0) is 56.8 Å². The third kappa shape index (κ3) is 3.52. The van der Waals surface area contributed by atoms with Gasteiger partial charge in [0.05, 0.1) is 0 Å². The predicted octanol–water partition coefficient (Wildman–Crippen LogP) is 3.79. The van der Waals surface area contributed by atoms with Crippen LogP contribution >= 0.6 is 0 Å². The van der Waals surface area contributed by atoms with Crippen molar-refractivity contribution in [2.75, 3.05) is 6.54 Å². The molecule has 1 aliphatic heterocycles. The molecule has 0 spiro atoms. The maximum atomic E-state index is 6.02. The lowest BCUT2D eigenvalue weighted by Crippen LogP contribution is -2.54. The summed E-state index contributed by atoms with van der Waals surface area (Å²) in [4.78, 5) is 2.79. The van der Waals surface area contributed by atoms with E-state index in [2.05, 4.69) is 32.6 Å². The Bertz CT molecular complexity index is 273. The molecule has 1 saturated heterocycles. The molecule has 2 unspecified atom stereocenters. The van der Waals surface area contributed by atoms with Crippen molar-refractivity contribution in [1.29, 1.82) is 0 Å². The molecule has 0 radical (unpaired) electrons. The molecule has 2 fully saturated rings. The fourth-order valence-corrected chi connectivity index (χ4v) is 4.44. The van der Waals surface area contributed by atoms with Crippen molar-refractivity contribution in [2.24, 2.45) is 17.1 Å². The van der Waals surface area contributed by atoms with Gasteiger partial charge in [0.25, 0.3) is 0 Å². The average molecular weight is 266 g/mol. The largest absolute Gasteiger partial charge is 0.329 e. The number of rotatable bonds is 2. The Morgan fingerprint density at radius 2 is 1.63 bits per heavy atom. The topological polar surface area (TPSA) is 29.3 Å². The third-order valence-corrected chi connectivity index (χ3v) is 5.71. The Hall–Kier alpha value is -0.0800. The molecular weight excluding hydrogens is 232 g/mol. The van der Waals surface area contributed by atoms with Crippen LogP contribution < -0.4 is 5.73 Å². The summed E-state index contributed by atoms with van der Waals surface area (Å²) in [6.07, 6.45) is 9.67. The maximum Gasteiger partial charge on any atom is 0.0224 e. The van der Waals surface area contributed by atoms with E-state index in [1.807, 2.05) is 0 Å².